The fraction of sp³-hybridized carbons (Fsp3) is 0.412. The monoisotopic (exact) mass is 318 g/mol. The Balaban J connectivity index is 1.98. The molecule has 5 heteroatoms. The molecule has 0 unspecified atom stereocenters. The normalized spacial score (nSPS) is 21.9. The van der Waals surface area contributed by atoms with Gasteiger partial charge in [-0.15, -0.1) is 0 Å². The minimum Gasteiger partial charge on any atom is -0.335 e. The van der Waals surface area contributed by atoms with E-state index >= 15 is 0 Å². The van der Waals surface area contributed by atoms with Crippen molar-refractivity contribution in [2.45, 2.75) is 32.1 Å². The third kappa shape index (κ3) is 4.37. The van der Waals surface area contributed by atoms with E-state index < -0.39 is 0 Å². The number of benzene rings is 1. The van der Waals surface area contributed by atoms with Gasteiger partial charge in [-0.3, -0.25) is 9.59 Å². The topological polar surface area (TPSA) is 49.4 Å². The Labute approximate surface area is 136 Å². The number of thioether (sulfide) groups is 1. The molecule has 1 aliphatic heterocycles. The van der Waals surface area contributed by atoms with Crippen LogP contribution in [-0.4, -0.2) is 40.3 Å². The van der Waals surface area contributed by atoms with Gasteiger partial charge in [0, 0.05) is 42.3 Å². The first-order chi connectivity index (χ1) is 10.5. The van der Waals surface area contributed by atoms with E-state index in [0.29, 0.717) is 5.25 Å². The third-order valence-electron chi connectivity index (χ3n) is 3.82. The molecule has 4 nitrogen and oxygen atoms in total. The van der Waals surface area contributed by atoms with Crippen LogP contribution in [0.4, 0.5) is 5.69 Å². The zero-order valence-corrected chi connectivity index (χ0v) is 14.0. The lowest BCUT2D eigenvalue weighted by molar-refractivity contribution is -0.127. The van der Waals surface area contributed by atoms with Crippen molar-refractivity contribution in [1.82, 2.24) is 4.90 Å². The average Bonchev–Trinajstić information content (AvgIpc) is 2.48. The first kappa shape index (κ1) is 16.6. The van der Waals surface area contributed by atoms with Crippen LogP contribution in [0.2, 0.25) is 0 Å². The fourth-order valence-corrected chi connectivity index (χ4v) is 3.49. The lowest BCUT2D eigenvalue weighted by atomic mass is 10.1. The molecule has 0 spiro atoms. The number of carbonyl (C=O) groups is 2. The quantitative estimate of drug-likeness (QED) is 0.872. The van der Waals surface area contributed by atoms with Crippen molar-refractivity contribution < 1.29 is 9.59 Å². The third-order valence-corrected chi connectivity index (χ3v) is 5.15. The lowest BCUT2D eigenvalue weighted by Gasteiger charge is -2.36. The summed E-state index contributed by atoms with van der Waals surface area (Å²) in [6.07, 6.45) is 3.45. The Morgan fingerprint density at radius 3 is 2.59 bits per heavy atom. The molecule has 22 heavy (non-hydrogen) atoms. The SMILES string of the molecule is CC(=O)Nc1ccc(/C=C\C(=O)N2CCS[C@H](C)[C@@H]2C)cc1. The van der Waals surface area contributed by atoms with Gasteiger partial charge in [-0.05, 0) is 30.7 Å². The van der Waals surface area contributed by atoms with Gasteiger partial charge < -0.3 is 10.2 Å². The van der Waals surface area contributed by atoms with Gasteiger partial charge in [-0.25, -0.2) is 0 Å². The summed E-state index contributed by atoms with van der Waals surface area (Å²) >= 11 is 1.92. The van der Waals surface area contributed by atoms with E-state index in [1.165, 1.54) is 6.92 Å². The van der Waals surface area contributed by atoms with Gasteiger partial charge in [-0.2, -0.15) is 11.8 Å². The molecule has 118 valence electrons. The van der Waals surface area contributed by atoms with Crippen LogP contribution in [0.15, 0.2) is 30.3 Å². The van der Waals surface area contributed by atoms with Gasteiger partial charge in [0.2, 0.25) is 11.8 Å². The number of amides is 2. The molecule has 1 saturated heterocycles. The van der Waals surface area contributed by atoms with Gasteiger partial charge in [0.1, 0.15) is 0 Å². The largest absolute Gasteiger partial charge is 0.335 e. The Morgan fingerprint density at radius 1 is 1.27 bits per heavy atom. The first-order valence-corrected chi connectivity index (χ1v) is 8.50. The Bertz CT molecular complexity index is 569. The van der Waals surface area contributed by atoms with Crippen molar-refractivity contribution in [3.63, 3.8) is 0 Å². The van der Waals surface area contributed by atoms with E-state index in [0.717, 1.165) is 23.5 Å². The maximum absolute atomic E-state index is 12.3. The van der Waals surface area contributed by atoms with Crippen LogP contribution in [0.5, 0.6) is 0 Å². The number of nitrogens with one attached hydrogen (secondary N) is 1. The van der Waals surface area contributed by atoms with E-state index in [-0.39, 0.29) is 17.9 Å². The minimum absolute atomic E-state index is 0.0607. The molecule has 1 aliphatic rings. The summed E-state index contributed by atoms with van der Waals surface area (Å²) in [5, 5.41) is 3.19. The summed E-state index contributed by atoms with van der Waals surface area (Å²) in [6.45, 7) is 6.55. The number of hydrogen-bond acceptors (Lipinski definition) is 3. The predicted octanol–water partition coefficient (Wildman–Crippen LogP) is 3.01. The number of rotatable bonds is 3. The highest BCUT2D eigenvalue weighted by Gasteiger charge is 2.27. The van der Waals surface area contributed by atoms with E-state index in [1.807, 2.05) is 47.0 Å². The lowest BCUT2D eigenvalue weighted by Crippen LogP contribution is -2.47. The zero-order valence-electron chi connectivity index (χ0n) is 13.2. The van der Waals surface area contributed by atoms with Crippen molar-refractivity contribution in [3.05, 3.63) is 35.9 Å². The van der Waals surface area contributed by atoms with Gasteiger partial charge in [0.25, 0.3) is 0 Å². The molecule has 1 heterocycles. The second kappa shape index (κ2) is 7.49. The van der Waals surface area contributed by atoms with Crippen molar-refractivity contribution in [2.75, 3.05) is 17.6 Å². The van der Waals surface area contributed by atoms with Crippen LogP contribution in [0, 0.1) is 0 Å². The Kier molecular flexibility index (Phi) is 5.66. The van der Waals surface area contributed by atoms with Crippen molar-refractivity contribution in [1.29, 1.82) is 0 Å². The number of hydrogen-bond donors (Lipinski definition) is 1. The molecule has 1 fully saturated rings. The second-order valence-electron chi connectivity index (χ2n) is 5.48. The molecule has 2 rings (SSSR count). The smallest absolute Gasteiger partial charge is 0.246 e. The first-order valence-electron chi connectivity index (χ1n) is 7.45. The summed E-state index contributed by atoms with van der Waals surface area (Å²) in [5.41, 5.74) is 1.70. The minimum atomic E-state index is -0.0930. The van der Waals surface area contributed by atoms with Crippen molar-refractivity contribution >= 4 is 35.3 Å². The summed E-state index contributed by atoms with van der Waals surface area (Å²) < 4.78 is 0. The van der Waals surface area contributed by atoms with Crippen LogP contribution in [-0.2, 0) is 9.59 Å². The second-order valence-corrected chi connectivity index (χ2v) is 6.97. The van der Waals surface area contributed by atoms with Gasteiger partial charge >= 0.3 is 0 Å². The molecular formula is C17H22N2O2S. The maximum atomic E-state index is 12.3. The molecule has 0 aromatic heterocycles. The summed E-state index contributed by atoms with van der Waals surface area (Å²) in [6, 6.07) is 7.68. The van der Waals surface area contributed by atoms with E-state index in [1.54, 1.807) is 6.08 Å². The van der Waals surface area contributed by atoms with Gasteiger partial charge in [0.15, 0.2) is 0 Å². The van der Waals surface area contributed by atoms with Crippen LogP contribution in [0.25, 0.3) is 6.08 Å². The average molecular weight is 318 g/mol. The van der Waals surface area contributed by atoms with Crippen LogP contribution < -0.4 is 5.32 Å². The van der Waals surface area contributed by atoms with E-state index in [4.69, 9.17) is 0 Å². The molecule has 0 saturated carbocycles. The Hall–Kier alpha value is -1.75. The molecule has 2 atom stereocenters. The molecule has 1 N–H and O–H groups in total. The molecule has 0 bridgehead atoms. The van der Waals surface area contributed by atoms with Gasteiger partial charge in [-0.1, -0.05) is 19.1 Å². The predicted molar refractivity (Wildman–Crippen MR) is 92.9 cm³/mol. The zero-order chi connectivity index (χ0) is 16.1. The van der Waals surface area contributed by atoms with E-state index in [9.17, 15) is 9.59 Å². The summed E-state index contributed by atoms with van der Waals surface area (Å²) in [7, 11) is 0. The maximum Gasteiger partial charge on any atom is 0.246 e. The van der Waals surface area contributed by atoms with E-state index in [2.05, 4.69) is 19.2 Å². The van der Waals surface area contributed by atoms with Crippen LogP contribution >= 0.6 is 11.8 Å². The fourth-order valence-electron chi connectivity index (χ4n) is 2.39. The number of nitrogens with zero attached hydrogens (tertiary/aromatic N) is 1. The Morgan fingerprint density at radius 2 is 1.95 bits per heavy atom. The highest BCUT2D eigenvalue weighted by molar-refractivity contribution is 8.00. The highest BCUT2D eigenvalue weighted by Crippen LogP contribution is 2.24. The van der Waals surface area contributed by atoms with Gasteiger partial charge in [0.05, 0.1) is 0 Å². The molecular weight excluding hydrogens is 296 g/mol. The number of anilines is 1. The van der Waals surface area contributed by atoms with Crippen LogP contribution in [0.1, 0.15) is 26.3 Å². The molecule has 0 radical (unpaired) electrons. The van der Waals surface area contributed by atoms with Crippen LogP contribution in [0.3, 0.4) is 0 Å². The molecule has 2 amide bonds. The molecule has 0 aliphatic carbocycles. The summed E-state index contributed by atoms with van der Waals surface area (Å²) in [4.78, 5) is 25.2. The standard InChI is InChI=1S/C17H22N2O2S/c1-12-13(2)22-11-10-19(12)17(21)9-6-15-4-7-16(8-5-15)18-14(3)20/h4-9,12-13H,10-11H2,1-3H3,(H,18,20)/b9-6-/t12-,13+/m0/s1. The molecule has 1 aromatic carbocycles. The van der Waals surface area contributed by atoms with Crippen molar-refractivity contribution in [3.8, 4) is 0 Å². The molecule has 1 aromatic rings. The summed E-state index contributed by atoms with van der Waals surface area (Å²) in [5.74, 6) is 0.964. The highest BCUT2D eigenvalue weighted by atomic mass is 32.2. The number of carbonyl (C=O) groups excluding carboxylic acids is 2. The van der Waals surface area contributed by atoms with Crippen molar-refractivity contribution in [2.24, 2.45) is 0 Å².